The molecule has 3 aromatic rings. The van der Waals surface area contributed by atoms with E-state index < -0.39 is 31.5 Å². The van der Waals surface area contributed by atoms with Gasteiger partial charge in [0.1, 0.15) is 17.4 Å². The van der Waals surface area contributed by atoms with Crippen molar-refractivity contribution in [2.24, 2.45) is 0 Å². The van der Waals surface area contributed by atoms with Gasteiger partial charge in [-0.1, -0.05) is 62.7 Å². The molecule has 5 nitrogen and oxygen atoms in total. The van der Waals surface area contributed by atoms with Crippen molar-refractivity contribution in [3.8, 4) is 16.9 Å². The van der Waals surface area contributed by atoms with E-state index in [-0.39, 0.29) is 45.0 Å². The maximum atomic E-state index is 16.7. The van der Waals surface area contributed by atoms with Crippen molar-refractivity contribution in [3.05, 3.63) is 86.9 Å². The van der Waals surface area contributed by atoms with Crippen LogP contribution in [0.5, 0.6) is 5.75 Å². The summed E-state index contributed by atoms with van der Waals surface area (Å²) in [5.74, 6) is -1.94. The zero-order valence-electron chi connectivity index (χ0n) is 24.1. The number of carbonyl (C=O) groups excluding carboxylic acids is 2. The number of nitrogens with one attached hydrogen (secondary N) is 1. The zero-order valence-corrected chi connectivity index (χ0v) is 25.8. The second kappa shape index (κ2) is 10.3. The number of fused-ring (bicyclic) bond motifs is 2. The maximum Gasteiger partial charge on any atom is 0.251 e. The van der Waals surface area contributed by atoms with E-state index >= 15 is 8.78 Å². The first-order valence-corrected chi connectivity index (χ1v) is 17.0. The number of carbonyl (C=O) groups is 2. The van der Waals surface area contributed by atoms with Crippen LogP contribution in [0.1, 0.15) is 65.9 Å². The summed E-state index contributed by atoms with van der Waals surface area (Å²) < 4.78 is 44.8. The molecule has 9 heteroatoms. The molecule has 1 aliphatic carbocycles. The lowest BCUT2D eigenvalue weighted by Crippen LogP contribution is -2.41. The average molecular weight is 598 g/mol. The van der Waals surface area contributed by atoms with E-state index in [1.54, 1.807) is 30.3 Å². The minimum absolute atomic E-state index is 0.00794. The quantitative estimate of drug-likeness (QED) is 0.234. The molecule has 0 spiro atoms. The second-order valence-corrected chi connectivity index (χ2v) is 17.5. The molecule has 1 aliphatic heterocycles. The highest BCUT2D eigenvalue weighted by Gasteiger charge is 2.45. The van der Waals surface area contributed by atoms with Gasteiger partial charge < -0.3 is 14.5 Å². The van der Waals surface area contributed by atoms with Gasteiger partial charge in [-0.2, -0.15) is 0 Å². The second-order valence-electron chi connectivity index (χ2n) is 12.3. The molecule has 0 fully saturated rings. The molecule has 1 N–H and O–H groups in total. The number of rotatable bonds is 6. The Balaban J connectivity index is 1.71. The van der Waals surface area contributed by atoms with Crippen molar-refractivity contribution in [3.63, 3.8) is 0 Å². The van der Waals surface area contributed by atoms with Gasteiger partial charge in [-0.25, -0.2) is 8.78 Å². The Morgan fingerprint density at radius 3 is 2.44 bits per heavy atom. The van der Waals surface area contributed by atoms with Crippen LogP contribution >= 0.6 is 11.6 Å². The fourth-order valence-electron chi connectivity index (χ4n) is 5.57. The first-order chi connectivity index (χ1) is 19.2. The summed E-state index contributed by atoms with van der Waals surface area (Å²) in [5.41, 5.74) is 0.480. The molecule has 0 saturated heterocycles. The summed E-state index contributed by atoms with van der Waals surface area (Å²) in [7, 11) is -0.760. The van der Waals surface area contributed by atoms with E-state index in [0.29, 0.717) is 41.4 Å². The van der Waals surface area contributed by atoms with Crippen LogP contribution in [0.3, 0.4) is 0 Å². The third-order valence-corrected chi connectivity index (χ3v) is 13.7. The number of benzene rings is 3. The molecular formula is C32H34ClF2NO4Si. The standard InChI is InChI=1S/C32H34ClF2NO4Si/c1-31(2,3)41(5,6)40-24-13-12-19-20(24)14-21(30(38)36-4)27(29(19)35)26-22-16-32(17-37,18-10-8-7-9-11-18)39-25(22)15-23(34)28(26)33/h7-11,14-15,17,24H,12-13,16H2,1-6H3,(H,36,38)/t24?,32-/m1/s1. The number of ether oxygens (including phenoxy) is 1. The van der Waals surface area contributed by atoms with Crippen molar-refractivity contribution < 1.29 is 27.5 Å². The number of hydrogen-bond acceptors (Lipinski definition) is 4. The van der Waals surface area contributed by atoms with Crippen molar-refractivity contribution in [1.29, 1.82) is 0 Å². The smallest absolute Gasteiger partial charge is 0.251 e. The number of halogens is 3. The highest BCUT2D eigenvalue weighted by Crippen LogP contribution is 2.52. The van der Waals surface area contributed by atoms with Crippen molar-refractivity contribution >= 4 is 32.1 Å². The molecule has 1 unspecified atom stereocenters. The number of hydrogen-bond donors (Lipinski definition) is 1. The molecule has 216 valence electrons. The summed E-state index contributed by atoms with van der Waals surface area (Å²) >= 11 is 6.57. The van der Waals surface area contributed by atoms with Crippen LogP contribution in [0.2, 0.25) is 23.2 Å². The minimum atomic E-state index is -2.21. The fourth-order valence-corrected chi connectivity index (χ4v) is 7.15. The molecule has 2 atom stereocenters. The molecule has 1 heterocycles. The Morgan fingerprint density at radius 2 is 1.83 bits per heavy atom. The molecule has 2 aliphatic rings. The van der Waals surface area contributed by atoms with Crippen molar-refractivity contribution in [2.75, 3.05) is 7.05 Å². The van der Waals surface area contributed by atoms with Gasteiger partial charge in [-0.15, -0.1) is 0 Å². The lowest BCUT2D eigenvalue weighted by molar-refractivity contribution is -0.120. The predicted octanol–water partition coefficient (Wildman–Crippen LogP) is 7.68. The van der Waals surface area contributed by atoms with E-state index in [1.165, 1.54) is 7.05 Å². The van der Waals surface area contributed by atoms with Gasteiger partial charge in [0.2, 0.25) is 0 Å². The Morgan fingerprint density at radius 1 is 1.15 bits per heavy atom. The molecule has 41 heavy (non-hydrogen) atoms. The molecular weight excluding hydrogens is 564 g/mol. The fraction of sp³-hybridized carbons (Fsp3) is 0.375. The van der Waals surface area contributed by atoms with E-state index in [2.05, 4.69) is 39.2 Å². The van der Waals surface area contributed by atoms with Crippen LogP contribution in [0, 0.1) is 11.6 Å². The number of amides is 1. The topological polar surface area (TPSA) is 64.6 Å². The van der Waals surface area contributed by atoms with Gasteiger partial charge in [0.25, 0.3) is 5.91 Å². The average Bonchev–Trinajstić information content (AvgIpc) is 3.51. The molecule has 0 bridgehead atoms. The van der Waals surface area contributed by atoms with E-state index in [0.717, 1.165) is 6.07 Å². The summed E-state index contributed by atoms with van der Waals surface area (Å²) in [6.45, 7) is 10.7. The van der Waals surface area contributed by atoms with Crippen LogP contribution < -0.4 is 10.1 Å². The Kier molecular flexibility index (Phi) is 7.41. The van der Waals surface area contributed by atoms with Gasteiger partial charge in [0.15, 0.2) is 20.2 Å². The highest BCUT2D eigenvalue weighted by molar-refractivity contribution is 6.74. The minimum Gasteiger partial charge on any atom is -0.474 e. The van der Waals surface area contributed by atoms with Crippen molar-refractivity contribution in [2.45, 2.75) is 69.9 Å². The Bertz CT molecular complexity index is 1550. The first kappa shape index (κ1) is 29.4. The SMILES string of the molecule is CNC(=O)c1cc2c(c(F)c1-c1c(Cl)c(F)cc3c1C[C@@](C=O)(c1ccccc1)O3)CCC2O[Si](C)(C)C(C)(C)C. The van der Waals surface area contributed by atoms with Crippen LogP contribution in [-0.2, 0) is 27.7 Å². The molecule has 3 aromatic carbocycles. The van der Waals surface area contributed by atoms with Crippen LogP contribution in [0.4, 0.5) is 8.78 Å². The van der Waals surface area contributed by atoms with Crippen LogP contribution in [-0.4, -0.2) is 27.6 Å². The summed E-state index contributed by atoms with van der Waals surface area (Å²) in [6, 6.07) is 11.6. The van der Waals surface area contributed by atoms with E-state index in [1.807, 2.05) is 6.07 Å². The first-order valence-electron chi connectivity index (χ1n) is 13.7. The van der Waals surface area contributed by atoms with Gasteiger partial charge >= 0.3 is 0 Å². The summed E-state index contributed by atoms with van der Waals surface area (Å²) in [5, 5.41) is 2.20. The van der Waals surface area contributed by atoms with E-state index in [4.69, 9.17) is 20.8 Å². The zero-order chi connectivity index (χ0) is 29.9. The van der Waals surface area contributed by atoms with Gasteiger partial charge in [0.05, 0.1) is 16.7 Å². The lowest BCUT2D eigenvalue weighted by atomic mass is 9.85. The molecule has 1 amide bonds. The molecule has 0 radical (unpaired) electrons. The van der Waals surface area contributed by atoms with Crippen molar-refractivity contribution in [1.82, 2.24) is 5.32 Å². The van der Waals surface area contributed by atoms with Gasteiger partial charge in [-0.05, 0) is 48.2 Å². The molecule has 5 rings (SSSR count). The van der Waals surface area contributed by atoms with Crippen LogP contribution in [0.15, 0.2) is 42.5 Å². The normalized spacial score (nSPS) is 19.9. The largest absolute Gasteiger partial charge is 0.474 e. The number of aldehydes is 1. The van der Waals surface area contributed by atoms with Gasteiger partial charge in [-0.3, -0.25) is 9.59 Å². The summed E-state index contributed by atoms with van der Waals surface area (Å²) in [4.78, 5) is 25.8. The monoisotopic (exact) mass is 597 g/mol. The van der Waals surface area contributed by atoms with Gasteiger partial charge in [0, 0.05) is 41.8 Å². The third-order valence-electron chi connectivity index (χ3n) is 8.84. The Labute approximate surface area is 245 Å². The lowest BCUT2D eigenvalue weighted by Gasteiger charge is -2.38. The molecule has 0 saturated carbocycles. The third kappa shape index (κ3) is 4.79. The van der Waals surface area contributed by atoms with Crippen LogP contribution in [0.25, 0.3) is 11.1 Å². The molecule has 0 aromatic heterocycles. The summed E-state index contributed by atoms with van der Waals surface area (Å²) in [6.07, 6.45) is 1.26. The Hall–Kier alpha value is -3.07. The maximum absolute atomic E-state index is 16.7. The highest BCUT2D eigenvalue weighted by atomic mass is 35.5. The predicted molar refractivity (Wildman–Crippen MR) is 158 cm³/mol. The van der Waals surface area contributed by atoms with E-state index in [9.17, 15) is 9.59 Å².